The lowest BCUT2D eigenvalue weighted by Crippen LogP contribution is -2.01. The fraction of sp³-hybridized carbons (Fsp3) is 0.167. The SMILES string of the molecule is CC(C)c1ccc(C(=O)c2cccc3ccsc23)cc1. The Kier molecular flexibility index (Phi) is 3.41. The molecule has 0 fully saturated rings. The van der Waals surface area contributed by atoms with Gasteiger partial charge in [-0.1, -0.05) is 50.2 Å². The molecule has 0 saturated carbocycles. The van der Waals surface area contributed by atoms with Crippen LogP contribution in [0.5, 0.6) is 0 Å². The monoisotopic (exact) mass is 280 g/mol. The molecule has 0 bridgehead atoms. The van der Waals surface area contributed by atoms with Crippen LogP contribution in [0.4, 0.5) is 0 Å². The van der Waals surface area contributed by atoms with Gasteiger partial charge in [-0.15, -0.1) is 11.3 Å². The van der Waals surface area contributed by atoms with E-state index in [9.17, 15) is 4.79 Å². The second-order valence-electron chi connectivity index (χ2n) is 5.25. The summed E-state index contributed by atoms with van der Waals surface area (Å²) >= 11 is 1.62. The van der Waals surface area contributed by atoms with Crippen molar-refractivity contribution in [3.8, 4) is 0 Å². The molecular weight excluding hydrogens is 264 g/mol. The minimum atomic E-state index is 0.105. The maximum absolute atomic E-state index is 12.6. The summed E-state index contributed by atoms with van der Waals surface area (Å²) in [6, 6.07) is 15.9. The molecule has 0 aliphatic carbocycles. The smallest absolute Gasteiger partial charge is 0.194 e. The largest absolute Gasteiger partial charge is 0.289 e. The van der Waals surface area contributed by atoms with Gasteiger partial charge in [0.2, 0.25) is 0 Å². The standard InChI is InChI=1S/C18H16OS/c1-12(2)13-6-8-14(9-7-13)17(19)16-5-3-4-15-10-11-20-18(15)16/h3-12H,1-2H3. The van der Waals surface area contributed by atoms with Gasteiger partial charge in [-0.25, -0.2) is 0 Å². The molecule has 0 aliphatic rings. The van der Waals surface area contributed by atoms with Crippen LogP contribution in [-0.4, -0.2) is 5.78 Å². The summed E-state index contributed by atoms with van der Waals surface area (Å²) in [6.07, 6.45) is 0. The van der Waals surface area contributed by atoms with Crippen molar-refractivity contribution in [3.63, 3.8) is 0 Å². The Balaban J connectivity index is 2.02. The van der Waals surface area contributed by atoms with Crippen molar-refractivity contribution in [2.45, 2.75) is 19.8 Å². The third kappa shape index (κ3) is 2.27. The van der Waals surface area contributed by atoms with Gasteiger partial charge in [-0.05, 0) is 34.4 Å². The number of fused-ring (bicyclic) bond motifs is 1. The zero-order valence-corrected chi connectivity index (χ0v) is 12.4. The van der Waals surface area contributed by atoms with E-state index in [0.717, 1.165) is 21.2 Å². The van der Waals surface area contributed by atoms with Crippen LogP contribution in [0.1, 0.15) is 41.3 Å². The first kappa shape index (κ1) is 13.1. The third-order valence-corrected chi connectivity index (χ3v) is 4.53. The third-order valence-electron chi connectivity index (χ3n) is 3.56. The molecule has 3 rings (SSSR count). The molecule has 0 saturated heterocycles. The zero-order chi connectivity index (χ0) is 14.1. The lowest BCUT2D eigenvalue weighted by atomic mass is 9.98. The van der Waals surface area contributed by atoms with Gasteiger partial charge in [0, 0.05) is 15.8 Å². The lowest BCUT2D eigenvalue weighted by Gasteiger charge is -2.07. The van der Waals surface area contributed by atoms with Gasteiger partial charge in [-0.2, -0.15) is 0 Å². The molecule has 0 amide bonds. The fourth-order valence-corrected chi connectivity index (χ4v) is 3.26. The van der Waals surface area contributed by atoms with E-state index in [-0.39, 0.29) is 5.78 Å². The Hall–Kier alpha value is -1.93. The second-order valence-corrected chi connectivity index (χ2v) is 6.17. The first-order valence-corrected chi connectivity index (χ1v) is 7.65. The maximum atomic E-state index is 12.6. The Morgan fingerprint density at radius 3 is 2.45 bits per heavy atom. The van der Waals surface area contributed by atoms with Gasteiger partial charge in [0.25, 0.3) is 0 Å². The van der Waals surface area contributed by atoms with Crippen molar-refractivity contribution in [2.24, 2.45) is 0 Å². The van der Waals surface area contributed by atoms with E-state index in [4.69, 9.17) is 0 Å². The van der Waals surface area contributed by atoms with E-state index in [1.807, 2.05) is 47.8 Å². The van der Waals surface area contributed by atoms with E-state index < -0.39 is 0 Å². The van der Waals surface area contributed by atoms with Crippen molar-refractivity contribution in [2.75, 3.05) is 0 Å². The van der Waals surface area contributed by atoms with E-state index in [1.165, 1.54) is 5.56 Å². The minimum Gasteiger partial charge on any atom is -0.289 e. The molecule has 0 unspecified atom stereocenters. The predicted octanol–water partition coefficient (Wildman–Crippen LogP) is 5.26. The molecule has 1 heterocycles. The number of rotatable bonds is 3. The number of thiophene rings is 1. The predicted molar refractivity (Wildman–Crippen MR) is 85.8 cm³/mol. The van der Waals surface area contributed by atoms with Crippen molar-refractivity contribution in [3.05, 3.63) is 70.6 Å². The number of benzene rings is 2. The van der Waals surface area contributed by atoms with E-state index >= 15 is 0 Å². The topological polar surface area (TPSA) is 17.1 Å². The lowest BCUT2D eigenvalue weighted by molar-refractivity contribution is 0.104. The molecule has 0 aliphatic heterocycles. The van der Waals surface area contributed by atoms with Crippen molar-refractivity contribution in [1.82, 2.24) is 0 Å². The molecule has 20 heavy (non-hydrogen) atoms. The van der Waals surface area contributed by atoms with Crippen molar-refractivity contribution in [1.29, 1.82) is 0 Å². The highest BCUT2D eigenvalue weighted by atomic mass is 32.1. The molecule has 0 spiro atoms. The maximum Gasteiger partial charge on any atom is 0.194 e. The molecule has 2 aromatic carbocycles. The molecule has 0 atom stereocenters. The quantitative estimate of drug-likeness (QED) is 0.598. The van der Waals surface area contributed by atoms with Gasteiger partial charge in [-0.3, -0.25) is 4.79 Å². The van der Waals surface area contributed by atoms with Crippen LogP contribution in [0.15, 0.2) is 53.9 Å². The van der Waals surface area contributed by atoms with Gasteiger partial charge in [0.1, 0.15) is 0 Å². The van der Waals surface area contributed by atoms with Gasteiger partial charge >= 0.3 is 0 Å². The number of carbonyl (C=O) groups excluding carboxylic acids is 1. The van der Waals surface area contributed by atoms with E-state index in [0.29, 0.717) is 5.92 Å². The summed E-state index contributed by atoms with van der Waals surface area (Å²) in [5.41, 5.74) is 2.82. The van der Waals surface area contributed by atoms with E-state index in [1.54, 1.807) is 11.3 Å². The van der Waals surface area contributed by atoms with Crippen LogP contribution in [0.3, 0.4) is 0 Å². The molecule has 100 valence electrons. The summed E-state index contributed by atoms with van der Waals surface area (Å²) in [4.78, 5) is 12.6. The number of hydrogen-bond donors (Lipinski definition) is 0. The van der Waals surface area contributed by atoms with Crippen LogP contribution >= 0.6 is 11.3 Å². The molecule has 1 aromatic heterocycles. The first-order valence-electron chi connectivity index (χ1n) is 6.77. The Morgan fingerprint density at radius 1 is 1.00 bits per heavy atom. The highest BCUT2D eigenvalue weighted by molar-refractivity contribution is 7.17. The summed E-state index contributed by atoms with van der Waals surface area (Å²) in [5.74, 6) is 0.591. The number of ketones is 1. The minimum absolute atomic E-state index is 0.105. The van der Waals surface area contributed by atoms with Crippen molar-refractivity contribution >= 4 is 27.2 Å². The fourth-order valence-electron chi connectivity index (χ4n) is 2.35. The van der Waals surface area contributed by atoms with Gasteiger partial charge in [0.15, 0.2) is 5.78 Å². The molecule has 2 heteroatoms. The van der Waals surface area contributed by atoms with Crippen LogP contribution in [0, 0.1) is 0 Å². The second kappa shape index (κ2) is 5.22. The number of hydrogen-bond acceptors (Lipinski definition) is 2. The van der Waals surface area contributed by atoms with Crippen LogP contribution in [0.2, 0.25) is 0 Å². The highest BCUT2D eigenvalue weighted by Gasteiger charge is 2.13. The molecule has 3 aromatic rings. The average molecular weight is 280 g/mol. The van der Waals surface area contributed by atoms with Gasteiger partial charge < -0.3 is 0 Å². The van der Waals surface area contributed by atoms with Crippen molar-refractivity contribution < 1.29 is 4.79 Å². The van der Waals surface area contributed by atoms with Crippen LogP contribution in [0.25, 0.3) is 10.1 Å². The molecule has 0 N–H and O–H groups in total. The summed E-state index contributed by atoms with van der Waals surface area (Å²) in [6.45, 7) is 4.31. The summed E-state index contributed by atoms with van der Waals surface area (Å²) < 4.78 is 1.07. The van der Waals surface area contributed by atoms with E-state index in [2.05, 4.69) is 19.9 Å². The van der Waals surface area contributed by atoms with Crippen LogP contribution in [-0.2, 0) is 0 Å². The Labute approximate surface area is 122 Å². The average Bonchev–Trinajstić information content (AvgIpc) is 2.95. The molecule has 1 nitrogen and oxygen atoms in total. The summed E-state index contributed by atoms with van der Waals surface area (Å²) in [5, 5.41) is 3.17. The highest BCUT2D eigenvalue weighted by Crippen LogP contribution is 2.27. The normalized spacial score (nSPS) is 11.2. The summed E-state index contributed by atoms with van der Waals surface area (Å²) in [7, 11) is 0. The number of carbonyl (C=O) groups is 1. The first-order chi connectivity index (χ1) is 9.66. The van der Waals surface area contributed by atoms with Gasteiger partial charge in [0.05, 0.1) is 0 Å². The van der Waals surface area contributed by atoms with Crippen LogP contribution < -0.4 is 0 Å². The Bertz CT molecular complexity index is 750. The Morgan fingerprint density at radius 2 is 1.75 bits per heavy atom. The molecule has 0 radical (unpaired) electrons. The zero-order valence-electron chi connectivity index (χ0n) is 11.6. The molecular formula is C18H16OS.